The Hall–Kier alpha value is -7.12. The molecule has 0 spiro atoms. The van der Waals surface area contributed by atoms with Crippen molar-refractivity contribution in [3.63, 3.8) is 0 Å². The zero-order valence-corrected chi connectivity index (χ0v) is 42.3. The van der Waals surface area contributed by atoms with Gasteiger partial charge in [-0.3, -0.25) is 20.2 Å². The fourth-order valence-corrected chi connectivity index (χ4v) is 10.9. The minimum Gasteiger partial charge on any atom is -0.497 e. The molecule has 0 radical (unpaired) electrons. The maximum absolute atomic E-state index is 15.3. The lowest BCUT2D eigenvalue weighted by Crippen LogP contribution is -2.70. The molecule has 75 heavy (non-hydrogen) atoms. The summed E-state index contributed by atoms with van der Waals surface area (Å²) in [6, 6.07) is 20.8. The lowest BCUT2D eigenvalue weighted by atomic mass is 9.55. The standard InChI is InChI=1S/C57H65FN4O13/c1-4-30-72-57-51(61(36-38-14-19-40(58)20-15-38)52(65)27-18-37-16-21-41(22-17-37)62(67)68)35-48(60-75-53-13-7-10-31-71-53)45-32-39(11-5-8-28-63)44(12-6-9-29-64)54(55(45)57)46-33-43(24-26-49(46)74-57)73-56(66)59-47-25-23-42(69-2)34-50(47)70-3/h4,14-27,32-34,39,44,51,53-55,63-64H,1,5-13,28-31,35-36H2,2-3H3,(H,59,66)/t39-,44+,51-,53?,54+,55+,57+/m0/s1. The fourth-order valence-electron chi connectivity index (χ4n) is 10.9. The number of carbonyl (C=O) groups is 2. The molecule has 398 valence electrons. The van der Waals surface area contributed by atoms with Crippen LogP contribution in [0.15, 0.2) is 120 Å². The highest BCUT2D eigenvalue weighted by Gasteiger charge is 2.65. The van der Waals surface area contributed by atoms with E-state index in [9.17, 15) is 29.5 Å². The molecule has 7 atom stereocenters. The monoisotopic (exact) mass is 1030 g/mol. The zero-order chi connectivity index (χ0) is 52.9. The van der Waals surface area contributed by atoms with E-state index < -0.39 is 52.7 Å². The molecule has 0 bridgehead atoms. The van der Waals surface area contributed by atoms with E-state index in [-0.39, 0.29) is 56.1 Å². The maximum atomic E-state index is 15.3. The molecule has 17 nitrogen and oxygen atoms in total. The van der Waals surface area contributed by atoms with Crippen molar-refractivity contribution in [2.45, 2.75) is 94.8 Å². The van der Waals surface area contributed by atoms with Crippen molar-refractivity contribution in [1.82, 2.24) is 4.90 Å². The number of allylic oxidation sites excluding steroid dienone is 1. The number of nitro groups is 1. The highest BCUT2D eigenvalue weighted by molar-refractivity contribution is 6.03. The Labute approximate surface area is 435 Å². The molecule has 4 aromatic carbocycles. The van der Waals surface area contributed by atoms with Crippen molar-refractivity contribution in [2.24, 2.45) is 22.9 Å². The number of rotatable bonds is 23. The van der Waals surface area contributed by atoms with Crippen LogP contribution < -0.4 is 24.3 Å². The Morgan fingerprint density at radius 2 is 1.72 bits per heavy atom. The van der Waals surface area contributed by atoms with Crippen LogP contribution in [0.25, 0.3) is 6.08 Å². The van der Waals surface area contributed by atoms with E-state index in [4.69, 9.17) is 38.4 Å². The van der Waals surface area contributed by atoms with E-state index in [1.54, 1.807) is 77.7 Å². The summed E-state index contributed by atoms with van der Waals surface area (Å²) in [6.07, 6.45) is 11.7. The third-order valence-electron chi connectivity index (χ3n) is 14.4. The lowest BCUT2D eigenvalue weighted by molar-refractivity contribution is -0.384. The molecule has 2 heterocycles. The highest BCUT2D eigenvalue weighted by Crippen LogP contribution is 2.62. The Morgan fingerprint density at radius 3 is 2.41 bits per heavy atom. The SMILES string of the molecule is C=CCO[C@@]12Oc3ccc(OC(=O)Nc4ccc(OC)cc4OC)cc3[C@H]3[C@H](CCCCO)[C@@H](CCCCO)C=C(C(=NOC4CCCCO4)C[C@@H]1N(Cc1ccc(F)cc1)C(=O)C=Cc1ccc([N+](=O)[O-])cc1)[C@H]32. The normalized spacial score (nSPS) is 23.2. The minimum atomic E-state index is -1.68. The third kappa shape index (κ3) is 12.7. The number of oxime groups is 1. The van der Waals surface area contributed by atoms with Gasteiger partial charge in [0.1, 0.15) is 34.9 Å². The van der Waals surface area contributed by atoms with Crippen LogP contribution in [-0.4, -0.2) is 96.5 Å². The number of nitro benzene ring substituents is 1. The molecule has 3 N–H and O–H groups in total. The second kappa shape index (κ2) is 25.4. The predicted octanol–water partition coefficient (Wildman–Crippen LogP) is 10.3. The van der Waals surface area contributed by atoms with E-state index in [1.165, 1.54) is 44.6 Å². The third-order valence-corrected chi connectivity index (χ3v) is 14.4. The van der Waals surface area contributed by atoms with Gasteiger partial charge in [0.2, 0.25) is 18.0 Å². The van der Waals surface area contributed by atoms with E-state index in [0.29, 0.717) is 96.9 Å². The topological polar surface area (TPSA) is 210 Å². The summed E-state index contributed by atoms with van der Waals surface area (Å²) in [6.45, 7) is 4.49. The molecule has 2 aliphatic carbocycles. The molecule has 4 aromatic rings. The van der Waals surface area contributed by atoms with Gasteiger partial charge < -0.3 is 48.4 Å². The number of ether oxygens (including phenoxy) is 6. The Morgan fingerprint density at radius 1 is 0.960 bits per heavy atom. The van der Waals surface area contributed by atoms with Gasteiger partial charge in [-0.25, -0.2) is 9.18 Å². The number of nitrogens with one attached hydrogen (secondary N) is 1. The molecular weight excluding hydrogens is 968 g/mol. The molecular formula is C57H65FN4O13. The van der Waals surface area contributed by atoms with Crippen LogP contribution in [0.2, 0.25) is 0 Å². The van der Waals surface area contributed by atoms with Crippen LogP contribution in [0.1, 0.15) is 86.8 Å². The van der Waals surface area contributed by atoms with Crippen molar-refractivity contribution in [3.8, 4) is 23.0 Å². The molecule has 1 saturated carbocycles. The van der Waals surface area contributed by atoms with E-state index in [0.717, 1.165) is 18.4 Å². The Balaban J connectivity index is 1.31. The van der Waals surface area contributed by atoms with Crippen LogP contribution in [0.5, 0.6) is 23.0 Å². The van der Waals surface area contributed by atoms with Gasteiger partial charge >= 0.3 is 6.09 Å². The summed E-state index contributed by atoms with van der Waals surface area (Å²) < 4.78 is 52.0. The summed E-state index contributed by atoms with van der Waals surface area (Å²) in [7, 11) is 3.01. The number of unbranched alkanes of at least 4 members (excludes halogenated alkanes) is 2. The van der Waals surface area contributed by atoms with Crippen molar-refractivity contribution < 1.29 is 62.4 Å². The van der Waals surface area contributed by atoms with Gasteiger partial charge in [-0.1, -0.05) is 42.3 Å². The number of fused-ring (bicyclic) bond motifs is 2. The fraction of sp³-hybridized carbons (Fsp3) is 0.421. The van der Waals surface area contributed by atoms with Crippen LogP contribution >= 0.6 is 0 Å². The Bertz CT molecular complexity index is 2730. The van der Waals surface area contributed by atoms with Crippen molar-refractivity contribution in [1.29, 1.82) is 0 Å². The smallest absolute Gasteiger partial charge is 0.417 e. The summed E-state index contributed by atoms with van der Waals surface area (Å²) in [5, 5.41) is 39.3. The summed E-state index contributed by atoms with van der Waals surface area (Å²) in [4.78, 5) is 47.9. The van der Waals surface area contributed by atoms with E-state index in [2.05, 4.69) is 18.0 Å². The molecule has 18 heteroatoms. The molecule has 0 aromatic heterocycles. The number of anilines is 1. The highest BCUT2D eigenvalue weighted by atomic mass is 19.1. The van der Waals surface area contributed by atoms with Crippen LogP contribution in [0, 0.1) is 33.7 Å². The summed E-state index contributed by atoms with van der Waals surface area (Å²) in [5.41, 5.74) is 3.42. The number of aliphatic hydroxyl groups is 2. The van der Waals surface area contributed by atoms with Gasteiger partial charge in [-0.2, -0.15) is 0 Å². The number of nitrogens with zero attached hydrogens (tertiary/aromatic N) is 3. The van der Waals surface area contributed by atoms with E-state index in [1.807, 2.05) is 0 Å². The maximum Gasteiger partial charge on any atom is 0.417 e. The van der Waals surface area contributed by atoms with Crippen LogP contribution in [0.4, 0.5) is 20.6 Å². The molecule has 1 saturated heterocycles. The van der Waals surface area contributed by atoms with Crippen LogP contribution in [-0.2, 0) is 25.7 Å². The second-order valence-corrected chi connectivity index (χ2v) is 19.0. The molecule has 8 rings (SSSR count). The largest absolute Gasteiger partial charge is 0.497 e. The number of methoxy groups -OCH3 is 2. The Kier molecular flexibility index (Phi) is 18.3. The van der Waals surface area contributed by atoms with Gasteiger partial charge in [0, 0.05) is 68.4 Å². The van der Waals surface area contributed by atoms with Gasteiger partial charge in [-0.05, 0) is 128 Å². The first-order chi connectivity index (χ1) is 36.5. The van der Waals surface area contributed by atoms with Crippen molar-refractivity contribution in [2.75, 3.05) is 46.0 Å². The summed E-state index contributed by atoms with van der Waals surface area (Å²) >= 11 is 0. The minimum absolute atomic E-state index is 0.0102. The van der Waals surface area contributed by atoms with Gasteiger partial charge in [0.05, 0.1) is 49.7 Å². The first-order valence-corrected chi connectivity index (χ1v) is 25.5. The second-order valence-electron chi connectivity index (χ2n) is 19.0. The van der Waals surface area contributed by atoms with Gasteiger partial charge in [0.15, 0.2) is 0 Å². The molecule has 2 amide bonds. The van der Waals surface area contributed by atoms with Gasteiger partial charge in [-0.15, -0.1) is 6.58 Å². The van der Waals surface area contributed by atoms with Gasteiger partial charge in [0.25, 0.3) is 5.69 Å². The van der Waals surface area contributed by atoms with Crippen molar-refractivity contribution in [3.05, 3.63) is 148 Å². The summed E-state index contributed by atoms with van der Waals surface area (Å²) in [5.74, 6) is -2.52. The number of amides is 2. The number of hydrogen-bond acceptors (Lipinski definition) is 14. The average Bonchev–Trinajstić information content (AvgIpc) is 3.53. The quantitative estimate of drug-likeness (QED) is 0.0208. The molecule has 2 fully saturated rings. The predicted molar refractivity (Wildman–Crippen MR) is 278 cm³/mol. The molecule has 4 aliphatic rings. The van der Waals surface area contributed by atoms with Crippen LogP contribution in [0.3, 0.4) is 0 Å². The number of carbonyl (C=O) groups excluding carboxylic acids is 2. The molecule has 2 aliphatic heterocycles. The van der Waals surface area contributed by atoms with Crippen molar-refractivity contribution >= 4 is 35.2 Å². The number of aliphatic hydroxyl groups excluding tert-OH is 2. The zero-order valence-electron chi connectivity index (χ0n) is 42.3. The lowest BCUT2D eigenvalue weighted by Gasteiger charge is -2.60. The number of non-ortho nitro benzene ring substituents is 1. The average molecular weight is 1030 g/mol. The number of hydrogen-bond donors (Lipinski definition) is 3. The first-order valence-electron chi connectivity index (χ1n) is 25.5. The first kappa shape index (κ1) is 54.2. The number of benzene rings is 4. The van der Waals surface area contributed by atoms with E-state index >= 15 is 4.79 Å². The number of halogens is 1. The molecule has 1 unspecified atom stereocenters.